The monoisotopic (exact) mass is 523 g/mol. The summed E-state index contributed by atoms with van der Waals surface area (Å²) in [6.45, 7) is 3.40. The molecule has 0 saturated carbocycles. The zero-order valence-electron chi connectivity index (χ0n) is 19.2. The molecule has 0 aliphatic carbocycles. The first kappa shape index (κ1) is 25.7. The Morgan fingerprint density at radius 2 is 1.59 bits per heavy atom. The number of benzene rings is 3. The highest BCUT2D eigenvalue weighted by Crippen LogP contribution is 2.31. The molecule has 4 rings (SSSR count). The van der Waals surface area contributed by atoms with Crippen molar-refractivity contribution in [3.63, 3.8) is 0 Å². The van der Waals surface area contributed by atoms with Gasteiger partial charge in [0.15, 0.2) is 5.16 Å². The largest absolute Gasteiger partial charge is 0.416 e. The topological polar surface area (TPSA) is 96.0 Å². The van der Waals surface area contributed by atoms with E-state index in [0.29, 0.717) is 38.9 Å². The van der Waals surface area contributed by atoms with Crippen LogP contribution in [-0.2, 0) is 15.8 Å². The lowest BCUT2D eigenvalue weighted by Crippen LogP contribution is -2.15. The molecule has 3 N–H and O–H groups in total. The van der Waals surface area contributed by atoms with E-state index in [9.17, 15) is 22.8 Å². The first-order valence-corrected chi connectivity index (χ1v) is 11.9. The van der Waals surface area contributed by atoms with E-state index >= 15 is 0 Å². The van der Waals surface area contributed by atoms with Gasteiger partial charge >= 0.3 is 6.18 Å². The van der Waals surface area contributed by atoms with Gasteiger partial charge in [-0.25, -0.2) is 9.97 Å². The highest BCUT2D eigenvalue weighted by Gasteiger charge is 2.30. The molecule has 1 heterocycles. The second-order valence-corrected chi connectivity index (χ2v) is 8.63. The van der Waals surface area contributed by atoms with Crippen LogP contribution in [0.3, 0.4) is 0 Å². The Bertz CT molecular complexity index is 1460. The van der Waals surface area contributed by atoms with Crippen LogP contribution in [0.15, 0.2) is 90.6 Å². The molecule has 4 aromatic rings. The Morgan fingerprint density at radius 1 is 0.892 bits per heavy atom. The summed E-state index contributed by atoms with van der Waals surface area (Å²) in [6.07, 6.45) is -3.28. The van der Waals surface area contributed by atoms with Crippen LogP contribution in [0.5, 0.6) is 0 Å². The average molecular weight is 524 g/mol. The Balaban J connectivity index is 1.47. The fourth-order valence-corrected chi connectivity index (χ4v) is 3.94. The molecule has 7 nitrogen and oxygen atoms in total. The molecule has 0 radical (unpaired) electrons. The van der Waals surface area contributed by atoms with Gasteiger partial charge in [-0.15, -0.1) is 0 Å². The number of rotatable bonds is 8. The third kappa shape index (κ3) is 6.85. The lowest BCUT2D eigenvalue weighted by atomic mass is 10.2. The summed E-state index contributed by atoms with van der Waals surface area (Å²) in [6, 6.07) is 18.5. The fourth-order valence-electron chi connectivity index (χ4n) is 3.29. The molecule has 3 aromatic carbocycles. The summed E-state index contributed by atoms with van der Waals surface area (Å²) in [5.41, 5.74) is 1.29. The number of halogens is 3. The van der Waals surface area contributed by atoms with Gasteiger partial charge in [-0.2, -0.15) is 13.2 Å². The van der Waals surface area contributed by atoms with Crippen molar-refractivity contribution in [3.8, 4) is 0 Å². The SMILES string of the molecule is C=CC(=O)Nc1cccc(NC(=O)CSc2nc(Nc3ccc(C(F)(F)F)cc3)c3ccccc3n2)c1. The first-order chi connectivity index (χ1) is 17.7. The number of nitrogens with one attached hydrogen (secondary N) is 3. The normalized spacial score (nSPS) is 11.1. The number of amides is 2. The molecule has 188 valence electrons. The Morgan fingerprint density at radius 3 is 2.30 bits per heavy atom. The summed E-state index contributed by atoms with van der Waals surface area (Å²) in [5.74, 6) is -0.278. The molecule has 0 atom stereocenters. The predicted octanol–water partition coefficient (Wildman–Crippen LogP) is 6.25. The van der Waals surface area contributed by atoms with Crippen molar-refractivity contribution in [2.24, 2.45) is 0 Å². The molecule has 0 aliphatic heterocycles. The third-order valence-electron chi connectivity index (χ3n) is 4.99. The maximum absolute atomic E-state index is 12.9. The van der Waals surface area contributed by atoms with E-state index < -0.39 is 11.7 Å². The van der Waals surface area contributed by atoms with Gasteiger partial charge in [-0.05, 0) is 60.7 Å². The first-order valence-electron chi connectivity index (χ1n) is 10.9. The lowest BCUT2D eigenvalue weighted by molar-refractivity contribution is -0.137. The van der Waals surface area contributed by atoms with Crippen molar-refractivity contribution in [1.82, 2.24) is 9.97 Å². The molecule has 0 bridgehead atoms. The standard InChI is InChI=1S/C26H20F3N5O2S/c1-2-22(35)30-18-6-5-7-19(14-18)31-23(36)15-37-25-33-21-9-4-3-8-20(21)24(34-25)32-17-12-10-16(11-13-17)26(27,28)29/h2-14H,1,15H2,(H,30,35)(H,31,36)(H,32,33,34). The van der Waals surface area contributed by atoms with E-state index in [0.717, 1.165) is 30.0 Å². The number of carbonyl (C=O) groups excluding carboxylic acids is 2. The van der Waals surface area contributed by atoms with Gasteiger partial charge < -0.3 is 16.0 Å². The quantitative estimate of drug-likeness (QED) is 0.144. The summed E-state index contributed by atoms with van der Waals surface area (Å²) in [4.78, 5) is 33.0. The zero-order chi connectivity index (χ0) is 26.4. The predicted molar refractivity (Wildman–Crippen MR) is 139 cm³/mol. The van der Waals surface area contributed by atoms with Gasteiger partial charge in [0, 0.05) is 22.4 Å². The molecule has 0 fully saturated rings. The highest BCUT2D eigenvalue weighted by molar-refractivity contribution is 7.99. The van der Waals surface area contributed by atoms with E-state index in [2.05, 4.69) is 32.5 Å². The van der Waals surface area contributed by atoms with Crippen molar-refractivity contribution in [1.29, 1.82) is 0 Å². The number of hydrogen-bond acceptors (Lipinski definition) is 6. The molecule has 0 unspecified atom stereocenters. The number of nitrogens with zero attached hydrogens (tertiary/aromatic N) is 2. The molecule has 0 aliphatic rings. The number of alkyl halides is 3. The second kappa shape index (κ2) is 11.1. The van der Waals surface area contributed by atoms with Crippen molar-refractivity contribution in [2.75, 3.05) is 21.7 Å². The maximum Gasteiger partial charge on any atom is 0.416 e. The molecule has 1 aromatic heterocycles. The van der Waals surface area contributed by atoms with Gasteiger partial charge in [0.1, 0.15) is 5.82 Å². The maximum atomic E-state index is 12.9. The van der Waals surface area contributed by atoms with Crippen LogP contribution in [-0.4, -0.2) is 27.5 Å². The fraction of sp³-hybridized carbons (Fsp3) is 0.0769. The number of para-hydroxylation sites is 1. The Hall–Kier alpha value is -4.38. The summed E-state index contributed by atoms with van der Waals surface area (Å²) >= 11 is 1.11. The summed E-state index contributed by atoms with van der Waals surface area (Å²) < 4.78 is 38.7. The second-order valence-electron chi connectivity index (χ2n) is 7.68. The van der Waals surface area contributed by atoms with Crippen molar-refractivity contribution in [3.05, 3.63) is 91.0 Å². The minimum absolute atomic E-state index is 0.00129. The molecule has 11 heteroatoms. The number of aromatic nitrogens is 2. The summed E-state index contributed by atoms with van der Waals surface area (Å²) in [5, 5.41) is 9.41. The van der Waals surface area contributed by atoms with Gasteiger partial charge in [0.05, 0.1) is 16.8 Å². The van der Waals surface area contributed by atoms with E-state index in [4.69, 9.17) is 0 Å². The molecule has 37 heavy (non-hydrogen) atoms. The van der Waals surface area contributed by atoms with Gasteiger partial charge in [-0.3, -0.25) is 9.59 Å². The zero-order valence-corrected chi connectivity index (χ0v) is 20.0. The Kier molecular flexibility index (Phi) is 7.73. The summed E-state index contributed by atoms with van der Waals surface area (Å²) in [7, 11) is 0. The van der Waals surface area contributed by atoms with Crippen LogP contribution in [0.1, 0.15) is 5.56 Å². The van der Waals surface area contributed by atoms with Crippen molar-refractivity contribution < 1.29 is 22.8 Å². The van der Waals surface area contributed by atoms with E-state index in [-0.39, 0.29) is 17.6 Å². The van der Waals surface area contributed by atoms with Gasteiger partial charge in [0.2, 0.25) is 11.8 Å². The molecular weight excluding hydrogens is 503 g/mol. The number of anilines is 4. The van der Waals surface area contributed by atoms with E-state index in [1.165, 1.54) is 12.1 Å². The van der Waals surface area contributed by atoms with Crippen LogP contribution >= 0.6 is 11.8 Å². The number of thioether (sulfide) groups is 1. The lowest BCUT2D eigenvalue weighted by Gasteiger charge is -2.12. The van der Waals surface area contributed by atoms with Crippen LogP contribution < -0.4 is 16.0 Å². The Labute approximate surface area is 214 Å². The van der Waals surface area contributed by atoms with E-state index in [1.54, 1.807) is 48.5 Å². The van der Waals surface area contributed by atoms with Crippen LogP contribution in [0.2, 0.25) is 0 Å². The smallest absolute Gasteiger partial charge is 0.340 e. The van der Waals surface area contributed by atoms with E-state index in [1.807, 2.05) is 0 Å². The third-order valence-corrected chi connectivity index (χ3v) is 5.84. The van der Waals surface area contributed by atoms with Gasteiger partial charge in [0.25, 0.3) is 0 Å². The average Bonchev–Trinajstić information content (AvgIpc) is 2.87. The number of hydrogen-bond donors (Lipinski definition) is 3. The van der Waals surface area contributed by atoms with Crippen LogP contribution in [0.25, 0.3) is 10.9 Å². The molecular formula is C26H20F3N5O2S. The molecule has 2 amide bonds. The minimum Gasteiger partial charge on any atom is -0.340 e. The van der Waals surface area contributed by atoms with Crippen LogP contribution in [0.4, 0.5) is 36.1 Å². The molecule has 0 saturated heterocycles. The number of fused-ring (bicyclic) bond motifs is 1. The number of carbonyl (C=O) groups is 2. The van der Waals surface area contributed by atoms with Crippen molar-refractivity contribution >= 4 is 57.4 Å². The molecule has 0 spiro atoms. The minimum atomic E-state index is -4.43. The highest BCUT2D eigenvalue weighted by atomic mass is 32.2. The van der Waals surface area contributed by atoms with Crippen LogP contribution in [0, 0.1) is 0 Å². The van der Waals surface area contributed by atoms with Gasteiger partial charge in [-0.1, -0.05) is 36.5 Å². The van der Waals surface area contributed by atoms with Crippen molar-refractivity contribution in [2.45, 2.75) is 11.3 Å².